The Kier molecular flexibility index (Phi) is 5.46. The number of hydrogen-bond donors (Lipinski definition) is 1. The van der Waals surface area contributed by atoms with Crippen molar-refractivity contribution in [2.45, 2.75) is 52.2 Å². The average Bonchev–Trinajstić information content (AvgIpc) is 2.83. The number of ether oxygens (including phenoxy) is 1. The highest BCUT2D eigenvalue weighted by Gasteiger charge is 2.28. The van der Waals surface area contributed by atoms with E-state index in [1.54, 1.807) is 0 Å². The molecule has 4 unspecified atom stereocenters. The Bertz CT molecular complexity index is 241. The van der Waals surface area contributed by atoms with E-state index in [1.165, 1.54) is 32.4 Å². The zero-order valence-electron chi connectivity index (χ0n) is 12.3. The second-order valence-electron chi connectivity index (χ2n) is 6.39. The summed E-state index contributed by atoms with van der Waals surface area (Å²) in [6.07, 6.45) is 4.34. The number of likely N-dealkylation sites (tertiary alicyclic amines) is 1. The van der Waals surface area contributed by atoms with Crippen molar-refractivity contribution in [2.75, 3.05) is 32.8 Å². The van der Waals surface area contributed by atoms with Crippen LogP contribution in [0.5, 0.6) is 0 Å². The fourth-order valence-electron chi connectivity index (χ4n) is 3.42. The standard InChI is InChI=1S/C15H30N2O/c1-12-9-13(2)14(3)17(11-12)7-6-16-10-15-5-4-8-18-15/h12-16H,4-11H2,1-3H3. The van der Waals surface area contributed by atoms with Crippen LogP contribution >= 0.6 is 0 Å². The third-order valence-corrected chi connectivity index (χ3v) is 4.69. The summed E-state index contributed by atoms with van der Waals surface area (Å²) < 4.78 is 5.62. The summed E-state index contributed by atoms with van der Waals surface area (Å²) >= 11 is 0. The predicted molar refractivity (Wildman–Crippen MR) is 75.8 cm³/mol. The summed E-state index contributed by atoms with van der Waals surface area (Å²) in [5, 5.41) is 3.56. The molecule has 106 valence electrons. The number of nitrogens with zero attached hydrogens (tertiary/aromatic N) is 1. The summed E-state index contributed by atoms with van der Waals surface area (Å²) in [5.74, 6) is 1.70. The number of piperidine rings is 1. The highest BCUT2D eigenvalue weighted by Crippen LogP contribution is 2.26. The maximum atomic E-state index is 5.62. The molecule has 2 aliphatic rings. The quantitative estimate of drug-likeness (QED) is 0.761. The van der Waals surface area contributed by atoms with Crippen molar-refractivity contribution in [1.29, 1.82) is 0 Å². The molecule has 0 saturated carbocycles. The third kappa shape index (κ3) is 3.94. The van der Waals surface area contributed by atoms with Crippen LogP contribution < -0.4 is 5.32 Å². The van der Waals surface area contributed by atoms with Crippen LogP contribution in [0.25, 0.3) is 0 Å². The van der Waals surface area contributed by atoms with Crippen LogP contribution in [-0.4, -0.2) is 49.8 Å². The maximum Gasteiger partial charge on any atom is 0.0700 e. The number of hydrogen-bond acceptors (Lipinski definition) is 3. The maximum absolute atomic E-state index is 5.62. The van der Waals surface area contributed by atoms with Crippen molar-refractivity contribution >= 4 is 0 Å². The van der Waals surface area contributed by atoms with Gasteiger partial charge in [0.25, 0.3) is 0 Å². The molecule has 0 amide bonds. The lowest BCUT2D eigenvalue weighted by Crippen LogP contribution is -2.48. The van der Waals surface area contributed by atoms with E-state index in [1.807, 2.05) is 0 Å². The summed E-state index contributed by atoms with van der Waals surface area (Å²) in [6.45, 7) is 12.7. The molecule has 18 heavy (non-hydrogen) atoms. The summed E-state index contributed by atoms with van der Waals surface area (Å²) in [4.78, 5) is 2.65. The fourth-order valence-corrected chi connectivity index (χ4v) is 3.42. The van der Waals surface area contributed by atoms with E-state index in [0.29, 0.717) is 6.10 Å². The van der Waals surface area contributed by atoms with Gasteiger partial charge in [-0.15, -0.1) is 0 Å². The van der Waals surface area contributed by atoms with Crippen LogP contribution in [0.2, 0.25) is 0 Å². The Hall–Kier alpha value is -0.120. The van der Waals surface area contributed by atoms with Gasteiger partial charge >= 0.3 is 0 Å². The first-order chi connectivity index (χ1) is 8.66. The molecular formula is C15H30N2O. The molecule has 3 heteroatoms. The molecule has 1 N–H and O–H groups in total. The minimum Gasteiger partial charge on any atom is -0.377 e. The van der Waals surface area contributed by atoms with Crippen molar-refractivity contribution in [3.63, 3.8) is 0 Å². The van der Waals surface area contributed by atoms with E-state index in [4.69, 9.17) is 4.74 Å². The molecule has 3 nitrogen and oxygen atoms in total. The molecule has 0 aromatic heterocycles. The van der Waals surface area contributed by atoms with Crippen molar-refractivity contribution in [2.24, 2.45) is 11.8 Å². The molecule has 2 heterocycles. The van der Waals surface area contributed by atoms with E-state index < -0.39 is 0 Å². The van der Waals surface area contributed by atoms with Gasteiger partial charge in [-0.1, -0.05) is 13.8 Å². The second-order valence-corrected chi connectivity index (χ2v) is 6.39. The van der Waals surface area contributed by atoms with Crippen LogP contribution in [-0.2, 0) is 4.74 Å². The summed E-state index contributed by atoms with van der Waals surface area (Å²) in [5.41, 5.74) is 0. The molecule has 0 bridgehead atoms. The Labute approximate surface area is 112 Å². The minimum atomic E-state index is 0.474. The Morgan fingerprint density at radius 1 is 1.28 bits per heavy atom. The normalized spacial score (nSPS) is 38.2. The number of rotatable bonds is 5. The molecule has 2 rings (SSSR count). The van der Waals surface area contributed by atoms with E-state index in [9.17, 15) is 0 Å². The van der Waals surface area contributed by atoms with E-state index in [-0.39, 0.29) is 0 Å². The zero-order valence-corrected chi connectivity index (χ0v) is 12.3. The Morgan fingerprint density at radius 3 is 2.83 bits per heavy atom. The Morgan fingerprint density at radius 2 is 2.11 bits per heavy atom. The molecule has 0 spiro atoms. The molecule has 2 saturated heterocycles. The van der Waals surface area contributed by atoms with Gasteiger partial charge in [0.15, 0.2) is 0 Å². The average molecular weight is 254 g/mol. The van der Waals surface area contributed by atoms with Crippen molar-refractivity contribution in [1.82, 2.24) is 10.2 Å². The zero-order chi connectivity index (χ0) is 13.0. The van der Waals surface area contributed by atoms with Gasteiger partial charge in [0.1, 0.15) is 0 Å². The second kappa shape index (κ2) is 6.88. The first kappa shape index (κ1) is 14.3. The van der Waals surface area contributed by atoms with Gasteiger partial charge in [0, 0.05) is 38.8 Å². The molecule has 0 radical (unpaired) electrons. The smallest absolute Gasteiger partial charge is 0.0700 e. The van der Waals surface area contributed by atoms with Crippen molar-refractivity contribution < 1.29 is 4.74 Å². The largest absolute Gasteiger partial charge is 0.377 e. The van der Waals surface area contributed by atoms with Gasteiger partial charge in [-0.3, -0.25) is 4.90 Å². The fraction of sp³-hybridized carbons (Fsp3) is 1.00. The monoisotopic (exact) mass is 254 g/mol. The summed E-state index contributed by atoms with van der Waals surface area (Å²) in [7, 11) is 0. The van der Waals surface area contributed by atoms with E-state index in [2.05, 4.69) is 31.0 Å². The third-order valence-electron chi connectivity index (χ3n) is 4.69. The SMILES string of the molecule is CC1CC(C)C(C)N(CCNCC2CCCO2)C1. The summed E-state index contributed by atoms with van der Waals surface area (Å²) in [6, 6.07) is 0.741. The van der Waals surface area contributed by atoms with Gasteiger partial charge in [0.2, 0.25) is 0 Å². The Balaban J connectivity index is 1.62. The van der Waals surface area contributed by atoms with Crippen molar-refractivity contribution in [3.05, 3.63) is 0 Å². The lowest BCUT2D eigenvalue weighted by molar-refractivity contribution is 0.0771. The van der Waals surface area contributed by atoms with Gasteiger partial charge < -0.3 is 10.1 Å². The minimum absolute atomic E-state index is 0.474. The lowest BCUT2D eigenvalue weighted by atomic mass is 9.86. The lowest BCUT2D eigenvalue weighted by Gasteiger charge is -2.41. The molecule has 0 aliphatic carbocycles. The van der Waals surface area contributed by atoms with Crippen LogP contribution in [0.4, 0.5) is 0 Å². The molecule has 2 aliphatic heterocycles. The molecule has 0 aromatic carbocycles. The van der Waals surface area contributed by atoms with Gasteiger partial charge in [-0.25, -0.2) is 0 Å². The van der Waals surface area contributed by atoms with Crippen LogP contribution in [0.1, 0.15) is 40.0 Å². The highest BCUT2D eigenvalue weighted by atomic mass is 16.5. The molecule has 4 atom stereocenters. The highest BCUT2D eigenvalue weighted by molar-refractivity contribution is 4.82. The van der Waals surface area contributed by atoms with Gasteiger partial charge in [-0.05, 0) is 38.0 Å². The first-order valence-electron chi connectivity index (χ1n) is 7.73. The number of nitrogens with one attached hydrogen (secondary N) is 1. The molecule has 0 aromatic rings. The first-order valence-corrected chi connectivity index (χ1v) is 7.73. The topological polar surface area (TPSA) is 24.5 Å². The van der Waals surface area contributed by atoms with Crippen LogP contribution in [0, 0.1) is 11.8 Å². The van der Waals surface area contributed by atoms with Gasteiger partial charge in [-0.2, -0.15) is 0 Å². The van der Waals surface area contributed by atoms with Gasteiger partial charge in [0.05, 0.1) is 6.10 Å². The molecular weight excluding hydrogens is 224 g/mol. The van der Waals surface area contributed by atoms with E-state index >= 15 is 0 Å². The van der Waals surface area contributed by atoms with Crippen molar-refractivity contribution in [3.8, 4) is 0 Å². The predicted octanol–water partition coefficient (Wildman–Crippen LogP) is 2.12. The van der Waals surface area contributed by atoms with E-state index in [0.717, 1.165) is 37.6 Å². The van der Waals surface area contributed by atoms with Crippen LogP contribution in [0.15, 0.2) is 0 Å². The molecule has 2 fully saturated rings. The van der Waals surface area contributed by atoms with Crippen LogP contribution in [0.3, 0.4) is 0 Å².